The van der Waals surface area contributed by atoms with Crippen molar-refractivity contribution in [3.05, 3.63) is 0 Å². The standard InChI is InChI=1S/C19H36N4O6/c1-19(2,3)14-22-8-6-20(12-17(25)26)4-5-21(13-18(27)28)7-10-23(11-9-22)15-29-16-24/h16H,4-15H2,1-3H3,(H,25,26)(H,27,28). The molecule has 0 aromatic carbocycles. The van der Waals surface area contributed by atoms with Crippen molar-refractivity contribution in [1.82, 2.24) is 19.6 Å². The van der Waals surface area contributed by atoms with Gasteiger partial charge >= 0.3 is 11.9 Å². The third-order valence-electron chi connectivity index (χ3n) is 4.67. The van der Waals surface area contributed by atoms with Gasteiger partial charge in [-0.05, 0) is 5.41 Å². The van der Waals surface area contributed by atoms with Gasteiger partial charge in [0.1, 0.15) is 6.73 Å². The largest absolute Gasteiger partial charge is 0.480 e. The van der Waals surface area contributed by atoms with Crippen LogP contribution in [0.5, 0.6) is 0 Å². The van der Waals surface area contributed by atoms with E-state index in [1.165, 1.54) is 0 Å². The lowest BCUT2D eigenvalue weighted by molar-refractivity contribution is -0.140. The van der Waals surface area contributed by atoms with Crippen LogP contribution in [0.15, 0.2) is 0 Å². The zero-order chi connectivity index (χ0) is 21.9. The highest BCUT2D eigenvalue weighted by molar-refractivity contribution is 5.69. The van der Waals surface area contributed by atoms with Gasteiger partial charge in [0.25, 0.3) is 6.47 Å². The molecule has 10 nitrogen and oxygen atoms in total. The number of hydrogen-bond donors (Lipinski definition) is 2. The van der Waals surface area contributed by atoms with Gasteiger partial charge in [0.15, 0.2) is 0 Å². The minimum absolute atomic E-state index is 0.0659. The van der Waals surface area contributed by atoms with Crippen LogP contribution in [-0.2, 0) is 19.1 Å². The average Bonchev–Trinajstić information content (AvgIpc) is 2.59. The zero-order valence-electron chi connectivity index (χ0n) is 17.9. The summed E-state index contributed by atoms with van der Waals surface area (Å²) in [5.74, 6) is -1.81. The van der Waals surface area contributed by atoms with Crippen molar-refractivity contribution in [1.29, 1.82) is 0 Å². The molecule has 10 heteroatoms. The minimum atomic E-state index is -0.922. The number of carboxylic acid groups (broad SMARTS) is 2. The number of rotatable bonds is 8. The van der Waals surface area contributed by atoms with Crippen molar-refractivity contribution in [3.63, 3.8) is 0 Å². The first-order valence-electron chi connectivity index (χ1n) is 9.97. The number of ether oxygens (including phenoxy) is 1. The number of aliphatic carboxylic acids is 2. The summed E-state index contributed by atoms with van der Waals surface area (Å²) in [6.07, 6.45) is 0. The van der Waals surface area contributed by atoms with E-state index >= 15 is 0 Å². The van der Waals surface area contributed by atoms with E-state index in [-0.39, 0.29) is 25.2 Å². The Kier molecular flexibility index (Phi) is 11.1. The molecule has 1 rings (SSSR count). The van der Waals surface area contributed by atoms with Crippen LogP contribution in [0.1, 0.15) is 20.8 Å². The van der Waals surface area contributed by atoms with Crippen LogP contribution in [0.4, 0.5) is 0 Å². The lowest BCUT2D eigenvalue weighted by Crippen LogP contribution is -2.49. The fourth-order valence-corrected chi connectivity index (χ4v) is 3.37. The predicted molar refractivity (Wildman–Crippen MR) is 108 cm³/mol. The molecule has 0 saturated carbocycles. The summed E-state index contributed by atoms with van der Waals surface area (Å²) >= 11 is 0. The molecule has 0 amide bonds. The first kappa shape index (κ1) is 25.3. The van der Waals surface area contributed by atoms with Gasteiger partial charge in [-0.3, -0.25) is 29.1 Å². The molecular formula is C19H36N4O6. The van der Waals surface area contributed by atoms with Gasteiger partial charge in [-0.25, -0.2) is 0 Å². The number of nitrogens with zero attached hydrogens (tertiary/aromatic N) is 4. The van der Waals surface area contributed by atoms with Gasteiger partial charge in [0.05, 0.1) is 13.1 Å². The normalized spacial score (nSPS) is 19.8. The number of hydrogen-bond acceptors (Lipinski definition) is 8. The molecule has 0 aliphatic carbocycles. The minimum Gasteiger partial charge on any atom is -0.480 e. The van der Waals surface area contributed by atoms with E-state index in [1.54, 1.807) is 4.90 Å². The molecule has 168 valence electrons. The molecule has 1 heterocycles. The molecule has 0 atom stereocenters. The molecule has 1 aliphatic heterocycles. The number of carbonyl (C=O) groups is 3. The van der Waals surface area contributed by atoms with E-state index in [0.717, 1.165) is 13.1 Å². The Morgan fingerprint density at radius 3 is 1.52 bits per heavy atom. The fourth-order valence-electron chi connectivity index (χ4n) is 3.37. The zero-order valence-corrected chi connectivity index (χ0v) is 17.9. The number of carbonyl (C=O) groups excluding carboxylic acids is 1. The van der Waals surface area contributed by atoms with E-state index < -0.39 is 11.9 Å². The van der Waals surface area contributed by atoms with Gasteiger partial charge < -0.3 is 19.8 Å². The van der Waals surface area contributed by atoms with Crippen molar-refractivity contribution in [3.8, 4) is 0 Å². The summed E-state index contributed by atoms with van der Waals surface area (Å²) in [5, 5.41) is 18.4. The number of carboxylic acids is 2. The maximum Gasteiger partial charge on any atom is 0.317 e. The van der Waals surface area contributed by atoms with E-state index in [1.807, 2.05) is 9.80 Å². The molecule has 1 aliphatic rings. The molecule has 29 heavy (non-hydrogen) atoms. The Hall–Kier alpha value is -1.75. The lowest BCUT2D eigenvalue weighted by Gasteiger charge is -2.35. The highest BCUT2D eigenvalue weighted by Gasteiger charge is 2.21. The topological polar surface area (TPSA) is 114 Å². The quantitative estimate of drug-likeness (QED) is 0.505. The smallest absolute Gasteiger partial charge is 0.317 e. The van der Waals surface area contributed by atoms with Crippen LogP contribution >= 0.6 is 0 Å². The first-order chi connectivity index (χ1) is 13.6. The Balaban J connectivity index is 2.91. The predicted octanol–water partition coefficient (Wildman–Crippen LogP) is -0.446. The lowest BCUT2D eigenvalue weighted by atomic mass is 9.96. The molecule has 1 saturated heterocycles. The van der Waals surface area contributed by atoms with Crippen molar-refractivity contribution in [2.75, 3.05) is 78.7 Å². The second kappa shape index (κ2) is 12.7. The highest BCUT2D eigenvalue weighted by Crippen LogP contribution is 2.15. The second-order valence-electron chi connectivity index (χ2n) is 8.69. The van der Waals surface area contributed by atoms with E-state index in [9.17, 15) is 24.6 Å². The second-order valence-corrected chi connectivity index (χ2v) is 8.69. The van der Waals surface area contributed by atoms with Crippen molar-refractivity contribution < 1.29 is 29.3 Å². The molecular weight excluding hydrogens is 380 g/mol. The molecule has 0 radical (unpaired) electrons. The van der Waals surface area contributed by atoms with Crippen LogP contribution in [-0.4, -0.2) is 127 Å². The maximum absolute atomic E-state index is 11.2. The summed E-state index contributed by atoms with van der Waals surface area (Å²) in [7, 11) is 0. The molecule has 1 fully saturated rings. The van der Waals surface area contributed by atoms with E-state index in [4.69, 9.17) is 4.74 Å². The Morgan fingerprint density at radius 1 is 0.793 bits per heavy atom. The highest BCUT2D eigenvalue weighted by atomic mass is 16.5. The Labute approximate surface area is 173 Å². The van der Waals surface area contributed by atoms with Gasteiger partial charge in [0.2, 0.25) is 0 Å². The van der Waals surface area contributed by atoms with E-state index in [0.29, 0.717) is 52.3 Å². The molecule has 0 bridgehead atoms. The van der Waals surface area contributed by atoms with E-state index in [2.05, 4.69) is 25.7 Å². The Morgan fingerprint density at radius 2 is 1.17 bits per heavy atom. The average molecular weight is 417 g/mol. The monoisotopic (exact) mass is 416 g/mol. The molecule has 0 unspecified atom stereocenters. The summed E-state index contributed by atoms with van der Waals surface area (Å²) in [5.41, 5.74) is 0.0944. The third kappa shape index (κ3) is 12.4. The molecule has 0 aromatic heterocycles. The van der Waals surface area contributed by atoms with Crippen molar-refractivity contribution in [2.24, 2.45) is 5.41 Å². The molecule has 2 N–H and O–H groups in total. The summed E-state index contributed by atoms with van der Waals surface area (Å²) in [6, 6.07) is 0. The van der Waals surface area contributed by atoms with Crippen LogP contribution < -0.4 is 0 Å². The summed E-state index contributed by atoms with van der Waals surface area (Å²) in [6.45, 7) is 12.5. The first-order valence-corrected chi connectivity index (χ1v) is 9.97. The maximum atomic E-state index is 11.2. The summed E-state index contributed by atoms with van der Waals surface area (Å²) < 4.78 is 4.93. The third-order valence-corrected chi connectivity index (χ3v) is 4.67. The molecule has 0 aromatic rings. The van der Waals surface area contributed by atoms with Gasteiger partial charge in [0, 0.05) is 58.9 Å². The van der Waals surface area contributed by atoms with Crippen LogP contribution in [0, 0.1) is 5.41 Å². The van der Waals surface area contributed by atoms with Crippen molar-refractivity contribution in [2.45, 2.75) is 20.8 Å². The van der Waals surface area contributed by atoms with Crippen LogP contribution in [0.2, 0.25) is 0 Å². The molecule has 0 spiro atoms. The summed E-state index contributed by atoms with van der Waals surface area (Å²) in [4.78, 5) is 41.0. The SMILES string of the molecule is CC(C)(C)CN1CCN(COC=O)CCN(CC(=O)O)CCN(CC(=O)O)CC1. The van der Waals surface area contributed by atoms with Crippen LogP contribution in [0.25, 0.3) is 0 Å². The Bertz CT molecular complexity index is 525. The fraction of sp³-hybridized carbons (Fsp3) is 0.842. The van der Waals surface area contributed by atoms with Crippen LogP contribution in [0.3, 0.4) is 0 Å². The van der Waals surface area contributed by atoms with Gasteiger partial charge in [-0.1, -0.05) is 20.8 Å². The van der Waals surface area contributed by atoms with Crippen molar-refractivity contribution >= 4 is 18.4 Å². The van der Waals surface area contributed by atoms with Gasteiger partial charge in [-0.2, -0.15) is 0 Å². The van der Waals surface area contributed by atoms with Gasteiger partial charge in [-0.15, -0.1) is 0 Å².